The van der Waals surface area contributed by atoms with Crippen LogP contribution < -0.4 is 10.2 Å². The summed E-state index contributed by atoms with van der Waals surface area (Å²) in [6, 6.07) is 4.21. The first-order valence-electron chi connectivity index (χ1n) is 9.67. The molecular weight excluding hydrogens is 409 g/mol. The summed E-state index contributed by atoms with van der Waals surface area (Å²) in [5, 5.41) is 0. The molecule has 1 fully saturated rings. The topological polar surface area (TPSA) is 67.9 Å². The quantitative estimate of drug-likeness (QED) is 0.658. The summed E-state index contributed by atoms with van der Waals surface area (Å²) in [5.74, 6) is 0.109. The highest BCUT2D eigenvalue weighted by molar-refractivity contribution is 7.89. The van der Waals surface area contributed by atoms with Gasteiger partial charge < -0.3 is 4.74 Å². The largest absolute Gasteiger partial charge is 0.573 e. The summed E-state index contributed by atoms with van der Waals surface area (Å²) in [4.78, 5) is 5.50. The number of hydrogen-bond acceptors (Lipinski definition) is 5. The molecule has 0 amide bonds. The molecule has 1 heterocycles. The van der Waals surface area contributed by atoms with Crippen LogP contribution in [0.5, 0.6) is 5.75 Å². The number of nitrogens with one attached hydrogen (secondary N) is 1. The zero-order valence-electron chi connectivity index (χ0n) is 16.0. The van der Waals surface area contributed by atoms with Crippen LogP contribution in [0.4, 0.5) is 13.2 Å². The van der Waals surface area contributed by atoms with Crippen LogP contribution in [-0.2, 0) is 14.9 Å². The fourth-order valence-corrected chi connectivity index (χ4v) is 4.91. The average molecular weight is 434 g/mol. The van der Waals surface area contributed by atoms with Crippen molar-refractivity contribution in [3.05, 3.63) is 36.0 Å². The minimum Gasteiger partial charge on any atom is -0.406 e. The van der Waals surface area contributed by atoms with E-state index in [9.17, 15) is 21.6 Å². The third-order valence-electron chi connectivity index (χ3n) is 5.11. The van der Waals surface area contributed by atoms with E-state index < -0.39 is 22.1 Å². The number of benzene rings is 1. The fraction of sp³-hybridized carbons (Fsp3) is 0.579. The van der Waals surface area contributed by atoms with Gasteiger partial charge >= 0.3 is 6.36 Å². The van der Waals surface area contributed by atoms with Crippen LogP contribution in [0.15, 0.2) is 40.9 Å². The first-order valence-corrected chi connectivity index (χ1v) is 11.1. The van der Waals surface area contributed by atoms with E-state index in [1.54, 1.807) is 6.08 Å². The Hall–Kier alpha value is -1.78. The average Bonchev–Trinajstić information content (AvgIpc) is 2.68. The van der Waals surface area contributed by atoms with Crippen molar-refractivity contribution in [1.82, 2.24) is 9.79 Å². The summed E-state index contributed by atoms with van der Waals surface area (Å²) < 4.78 is 67.1. The van der Waals surface area contributed by atoms with Gasteiger partial charge in [0, 0.05) is 25.2 Å². The molecule has 29 heavy (non-hydrogen) atoms. The van der Waals surface area contributed by atoms with E-state index in [1.165, 1.54) is 36.4 Å². The lowest BCUT2D eigenvalue weighted by Crippen LogP contribution is -2.37. The Labute approximate surface area is 168 Å². The Balaban J connectivity index is 1.51. The van der Waals surface area contributed by atoms with Gasteiger partial charge in [0.25, 0.3) is 0 Å². The molecule has 1 aromatic carbocycles. The lowest BCUT2D eigenvalue weighted by atomic mass is 9.90. The molecule has 0 radical (unpaired) electrons. The summed E-state index contributed by atoms with van der Waals surface area (Å²) in [7, 11) is -3.80. The minimum absolute atomic E-state index is 0.0783. The molecule has 0 aromatic heterocycles. The third-order valence-corrected chi connectivity index (χ3v) is 6.99. The van der Waals surface area contributed by atoms with Gasteiger partial charge in [-0.25, -0.2) is 8.42 Å². The van der Waals surface area contributed by atoms with Crippen LogP contribution in [0, 0.1) is 5.92 Å². The van der Waals surface area contributed by atoms with Crippen LogP contribution in [0.1, 0.15) is 38.5 Å². The van der Waals surface area contributed by atoms with E-state index in [4.69, 9.17) is 4.84 Å². The van der Waals surface area contributed by atoms with Crippen molar-refractivity contribution in [3.8, 4) is 5.75 Å². The Kier molecular flexibility index (Phi) is 7.07. The van der Waals surface area contributed by atoms with Crippen molar-refractivity contribution in [2.45, 2.75) is 49.8 Å². The molecular formula is C19H25F3N2O4S. The van der Waals surface area contributed by atoms with Crippen molar-refractivity contribution in [2.24, 2.45) is 5.92 Å². The van der Waals surface area contributed by atoms with Crippen LogP contribution in [0.2, 0.25) is 0 Å². The molecule has 1 aliphatic carbocycles. The molecule has 1 aromatic rings. The van der Waals surface area contributed by atoms with Crippen molar-refractivity contribution < 1.29 is 31.2 Å². The molecule has 0 spiro atoms. The predicted octanol–water partition coefficient (Wildman–Crippen LogP) is 3.97. The molecule has 3 rings (SSSR count). The van der Waals surface area contributed by atoms with Gasteiger partial charge in [0.1, 0.15) is 5.75 Å². The maximum absolute atomic E-state index is 12.7. The highest BCUT2D eigenvalue weighted by Crippen LogP contribution is 2.26. The Morgan fingerprint density at radius 3 is 2.38 bits per heavy atom. The highest BCUT2D eigenvalue weighted by Gasteiger charge is 2.31. The minimum atomic E-state index is -4.82. The van der Waals surface area contributed by atoms with Crippen LogP contribution >= 0.6 is 0 Å². The lowest BCUT2D eigenvalue weighted by molar-refractivity contribution is -0.274. The van der Waals surface area contributed by atoms with Gasteiger partial charge in [-0.05, 0) is 49.1 Å². The van der Waals surface area contributed by atoms with Gasteiger partial charge in [-0.15, -0.1) is 13.2 Å². The monoisotopic (exact) mass is 434 g/mol. The molecule has 162 valence electrons. The van der Waals surface area contributed by atoms with E-state index in [1.807, 2.05) is 0 Å². The zero-order valence-corrected chi connectivity index (χ0v) is 16.8. The molecule has 10 heteroatoms. The lowest BCUT2D eigenvalue weighted by Gasteiger charge is -2.27. The second kappa shape index (κ2) is 9.36. The smallest absolute Gasteiger partial charge is 0.406 e. The number of hydrogen-bond donors (Lipinski definition) is 1. The van der Waals surface area contributed by atoms with Crippen LogP contribution in [0.3, 0.4) is 0 Å². The highest BCUT2D eigenvalue weighted by atomic mass is 32.2. The van der Waals surface area contributed by atoms with E-state index in [0.29, 0.717) is 18.9 Å². The number of ether oxygens (including phenoxy) is 1. The van der Waals surface area contributed by atoms with E-state index in [-0.39, 0.29) is 18.0 Å². The van der Waals surface area contributed by atoms with Gasteiger partial charge in [0.05, 0.1) is 11.5 Å². The van der Waals surface area contributed by atoms with Crippen LogP contribution in [-0.4, -0.2) is 38.8 Å². The number of halogens is 3. The zero-order chi connectivity index (χ0) is 20.9. The Morgan fingerprint density at radius 2 is 1.79 bits per heavy atom. The molecule has 0 saturated heterocycles. The maximum Gasteiger partial charge on any atom is 0.573 e. The van der Waals surface area contributed by atoms with Crippen molar-refractivity contribution in [3.63, 3.8) is 0 Å². The molecule has 6 nitrogen and oxygen atoms in total. The molecule has 1 aliphatic heterocycles. The molecule has 0 unspecified atom stereocenters. The standard InChI is InChI=1S/C19H25F3N2O4S/c20-19(21,22)28-17-6-8-18(9-7-17)29(25,26)24-12-10-16(11-13-24)23-27-14-15-4-2-1-3-5-15/h6-10,15,23H,1-5,11-14H2. The molecule has 1 N–H and O–H groups in total. The number of alkyl halides is 3. The van der Waals surface area contributed by atoms with E-state index >= 15 is 0 Å². The maximum atomic E-state index is 12.7. The number of sulfonamides is 1. The Bertz CT molecular complexity index is 804. The third kappa shape index (κ3) is 6.35. The summed E-state index contributed by atoms with van der Waals surface area (Å²) in [5.41, 5.74) is 3.76. The van der Waals surface area contributed by atoms with Crippen molar-refractivity contribution >= 4 is 10.0 Å². The number of nitrogens with zero attached hydrogens (tertiary/aromatic N) is 1. The first-order chi connectivity index (χ1) is 13.7. The fourth-order valence-electron chi connectivity index (χ4n) is 3.53. The van der Waals surface area contributed by atoms with Gasteiger partial charge in [0.15, 0.2) is 0 Å². The second-order valence-electron chi connectivity index (χ2n) is 7.28. The van der Waals surface area contributed by atoms with Gasteiger partial charge in [0.2, 0.25) is 10.0 Å². The van der Waals surface area contributed by atoms with Crippen molar-refractivity contribution in [1.29, 1.82) is 0 Å². The van der Waals surface area contributed by atoms with Gasteiger partial charge in [-0.3, -0.25) is 10.3 Å². The Morgan fingerprint density at radius 1 is 1.10 bits per heavy atom. The second-order valence-corrected chi connectivity index (χ2v) is 9.22. The molecule has 0 bridgehead atoms. The van der Waals surface area contributed by atoms with Gasteiger partial charge in [-0.2, -0.15) is 4.31 Å². The number of hydroxylamine groups is 1. The summed E-state index contributed by atoms with van der Waals surface area (Å²) in [6.07, 6.45) is 3.54. The number of rotatable bonds is 7. The van der Waals surface area contributed by atoms with Gasteiger partial charge in [-0.1, -0.05) is 19.3 Å². The summed E-state index contributed by atoms with van der Waals surface area (Å²) in [6.45, 7) is 1.07. The van der Waals surface area contributed by atoms with E-state index in [0.717, 1.165) is 30.0 Å². The molecule has 1 saturated carbocycles. The summed E-state index contributed by atoms with van der Waals surface area (Å²) >= 11 is 0. The molecule has 2 aliphatic rings. The molecule has 0 atom stereocenters. The predicted molar refractivity (Wildman–Crippen MR) is 100 cm³/mol. The van der Waals surface area contributed by atoms with Crippen LogP contribution in [0.25, 0.3) is 0 Å². The first kappa shape index (κ1) is 21.9. The van der Waals surface area contributed by atoms with Crippen molar-refractivity contribution in [2.75, 3.05) is 19.7 Å². The van der Waals surface area contributed by atoms with E-state index in [2.05, 4.69) is 10.2 Å². The SMILES string of the molecule is O=S(=O)(c1ccc(OC(F)(F)F)cc1)N1CC=C(NOCC2CCCCC2)CC1. The normalized spacial score (nSPS) is 19.6.